The number of hydrogen-bond donors (Lipinski definition) is 3. The minimum atomic E-state index is -0.513. The molecule has 0 saturated carbocycles. The average molecular weight is 475 g/mol. The lowest BCUT2D eigenvalue weighted by molar-refractivity contribution is 0.0601. The summed E-state index contributed by atoms with van der Waals surface area (Å²) < 4.78 is 10.6. The summed E-state index contributed by atoms with van der Waals surface area (Å²) in [4.78, 5) is 26.9. The minimum absolute atomic E-state index is 0.269. The molecule has 0 aliphatic rings. The van der Waals surface area contributed by atoms with Crippen LogP contribution in [0.15, 0.2) is 48.8 Å². The van der Waals surface area contributed by atoms with Crippen molar-refractivity contribution in [2.45, 2.75) is 12.8 Å². The van der Waals surface area contributed by atoms with Crippen LogP contribution in [-0.2, 0) is 11.2 Å². The molecule has 0 bridgehead atoms. The zero-order valence-electron chi connectivity index (χ0n) is 20.4. The molecule has 2 aromatic carbocycles. The summed E-state index contributed by atoms with van der Waals surface area (Å²) in [6, 6.07) is 11.6. The first kappa shape index (κ1) is 24.0. The van der Waals surface area contributed by atoms with E-state index in [0.717, 1.165) is 41.4 Å². The molecule has 9 heteroatoms. The molecule has 0 fully saturated rings. The molecule has 0 spiro atoms. The van der Waals surface area contributed by atoms with E-state index in [0.29, 0.717) is 28.8 Å². The van der Waals surface area contributed by atoms with Crippen LogP contribution in [-0.4, -0.2) is 60.7 Å². The van der Waals surface area contributed by atoms with Crippen LogP contribution in [0.1, 0.15) is 22.3 Å². The maximum atomic E-state index is 12.5. The van der Waals surface area contributed by atoms with E-state index in [1.807, 2.05) is 56.7 Å². The molecule has 182 valence electrons. The first-order valence-electron chi connectivity index (χ1n) is 11.3. The Labute approximate surface area is 204 Å². The van der Waals surface area contributed by atoms with Crippen molar-refractivity contribution in [1.82, 2.24) is 19.9 Å². The number of esters is 1. The molecule has 4 aromatic rings. The number of nitrogens with zero attached hydrogens (tertiary/aromatic N) is 3. The Kier molecular flexibility index (Phi) is 7.17. The number of rotatable bonds is 9. The third-order valence-corrected chi connectivity index (χ3v) is 5.80. The number of benzene rings is 2. The summed E-state index contributed by atoms with van der Waals surface area (Å²) in [7, 11) is 7.04. The fourth-order valence-electron chi connectivity index (χ4n) is 4.00. The predicted molar refractivity (Wildman–Crippen MR) is 138 cm³/mol. The molecule has 35 heavy (non-hydrogen) atoms. The lowest BCUT2D eigenvalue weighted by Gasteiger charge is -2.16. The number of hydrogen-bond acceptors (Lipinski definition) is 8. The average Bonchev–Trinajstić information content (AvgIpc) is 3.28. The van der Waals surface area contributed by atoms with Gasteiger partial charge in [0.25, 0.3) is 0 Å². The number of nitrogen functional groups attached to an aromatic ring is 1. The SMILES string of the molecule is COC(=O)c1cnc(Nc2cc(N)c(CCCN(C)C)cc2OC)nc1-c1c[nH]c2ccccc12. The third kappa shape index (κ3) is 5.20. The van der Waals surface area contributed by atoms with E-state index in [2.05, 4.69) is 25.2 Å². The molecule has 4 N–H and O–H groups in total. The zero-order chi connectivity index (χ0) is 24.9. The van der Waals surface area contributed by atoms with Gasteiger partial charge in [-0.2, -0.15) is 0 Å². The van der Waals surface area contributed by atoms with E-state index < -0.39 is 5.97 Å². The molecular weight excluding hydrogens is 444 g/mol. The van der Waals surface area contributed by atoms with Crippen molar-refractivity contribution < 1.29 is 14.3 Å². The normalized spacial score (nSPS) is 11.1. The van der Waals surface area contributed by atoms with Gasteiger partial charge in [0.15, 0.2) is 0 Å². The number of aryl methyl sites for hydroxylation is 1. The molecule has 0 radical (unpaired) electrons. The highest BCUT2D eigenvalue weighted by Gasteiger charge is 2.20. The van der Waals surface area contributed by atoms with Crippen LogP contribution in [0.4, 0.5) is 17.3 Å². The Morgan fingerprint density at radius 2 is 2.00 bits per heavy atom. The van der Waals surface area contributed by atoms with Crippen molar-refractivity contribution in [2.24, 2.45) is 0 Å². The van der Waals surface area contributed by atoms with Crippen LogP contribution in [0.5, 0.6) is 5.75 Å². The molecule has 0 aliphatic carbocycles. The van der Waals surface area contributed by atoms with Gasteiger partial charge >= 0.3 is 5.97 Å². The number of aromatic amines is 1. The van der Waals surface area contributed by atoms with Gasteiger partial charge in [-0.05, 0) is 57.2 Å². The first-order chi connectivity index (χ1) is 16.9. The molecule has 0 amide bonds. The van der Waals surface area contributed by atoms with Crippen LogP contribution in [0.2, 0.25) is 0 Å². The number of H-pyrrole nitrogens is 1. The quantitative estimate of drug-likeness (QED) is 0.243. The van der Waals surface area contributed by atoms with Crippen molar-refractivity contribution in [2.75, 3.05) is 45.9 Å². The summed E-state index contributed by atoms with van der Waals surface area (Å²) in [5.74, 6) is 0.421. The number of fused-ring (bicyclic) bond motifs is 1. The molecule has 0 atom stereocenters. The van der Waals surface area contributed by atoms with Crippen LogP contribution < -0.4 is 15.8 Å². The maximum absolute atomic E-state index is 12.5. The number of methoxy groups -OCH3 is 2. The smallest absolute Gasteiger partial charge is 0.341 e. The number of nitrogens with one attached hydrogen (secondary N) is 2. The highest BCUT2D eigenvalue weighted by molar-refractivity contribution is 6.02. The second kappa shape index (κ2) is 10.4. The third-order valence-electron chi connectivity index (χ3n) is 5.80. The minimum Gasteiger partial charge on any atom is -0.495 e. The van der Waals surface area contributed by atoms with E-state index in [1.54, 1.807) is 7.11 Å². The lowest BCUT2D eigenvalue weighted by Crippen LogP contribution is -2.14. The fraction of sp³-hybridized carbons (Fsp3) is 0.269. The summed E-state index contributed by atoms with van der Waals surface area (Å²) in [5.41, 5.74) is 11.1. The number of carbonyl (C=O) groups excluding carboxylic acids is 1. The van der Waals surface area contributed by atoms with E-state index in [9.17, 15) is 4.79 Å². The van der Waals surface area contributed by atoms with Gasteiger partial charge in [-0.3, -0.25) is 0 Å². The summed E-state index contributed by atoms with van der Waals surface area (Å²) in [6.45, 7) is 0.971. The summed E-state index contributed by atoms with van der Waals surface area (Å²) in [6.07, 6.45) is 5.11. The van der Waals surface area contributed by atoms with Gasteiger partial charge < -0.3 is 30.4 Å². The van der Waals surface area contributed by atoms with Crippen molar-refractivity contribution in [3.05, 3.63) is 59.9 Å². The van der Waals surface area contributed by atoms with Gasteiger partial charge in [0.1, 0.15) is 11.3 Å². The van der Waals surface area contributed by atoms with Crippen molar-refractivity contribution in [3.63, 3.8) is 0 Å². The highest BCUT2D eigenvalue weighted by atomic mass is 16.5. The Balaban J connectivity index is 1.70. The predicted octanol–water partition coefficient (Wildman–Crippen LogP) is 4.24. The second-order valence-corrected chi connectivity index (χ2v) is 8.48. The largest absolute Gasteiger partial charge is 0.495 e. The van der Waals surface area contributed by atoms with Gasteiger partial charge in [0, 0.05) is 34.5 Å². The van der Waals surface area contributed by atoms with E-state index in [1.165, 1.54) is 13.3 Å². The second-order valence-electron chi connectivity index (χ2n) is 8.48. The molecule has 2 heterocycles. The number of aromatic nitrogens is 3. The highest BCUT2D eigenvalue weighted by Crippen LogP contribution is 2.34. The number of nitrogens with two attached hydrogens (primary N) is 1. The van der Waals surface area contributed by atoms with Crippen molar-refractivity contribution >= 4 is 34.2 Å². The topological polar surface area (TPSA) is 118 Å². The van der Waals surface area contributed by atoms with Crippen LogP contribution in [0.3, 0.4) is 0 Å². The van der Waals surface area contributed by atoms with Gasteiger partial charge in [-0.25, -0.2) is 14.8 Å². The number of carbonyl (C=O) groups is 1. The fourth-order valence-corrected chi connectivity index (χ4v) is 4.00. The number of ether oxygens (including phenoxy) is 2. The molecule has 0 aliphatic heterocycles. The van der Waals surface area contributed by atoms with Crippen molar-refractivity contribution in [3.8, 4) is 17.0 Å². The van der Waals surface area contributed by atoms with Crippen LogP contribution in [0.25, 0.3) is 22.2 Å². The van der Waals surface area contributed by atoms with E-state index in [-0.39, 0.29) is 5.56 Å². The van der Waals surface area contributed by atoms with Gasteiger partial charge in [-0.15, -0.1) is 0 Å². The standard InChI is InChI=1S/C26H30N6O3/c1-32(2)11-7-8-16-12-23(34-3)22(13-20(16)27)30-26-29-15-19(25(33)35-4)24(31-26)18-14-28-21-10-6-5-9-17(18)21/h5-6,9-10,12-15,28H,7-8,11,27H2,1-4H3,(H,29,30,31). The van der Waals surface area contributed by atoms with Gasteiger partial charge in [-0.1, -0.05) is 18.2 Å². The molecule has 0 saturated heterocycles. The van der Waals surface area contributed by atoms with Gasteiger partial charge in [0.05, 0.1) is 25.6 Å². The maximum Gasteiger partial charge on any atom is 0.341 e. The van der Waals surface area contributed by atoms with Crippen LogP contribution >= 0.6 is 0 Å². The molecular formula is C26H30N6O3. The van der Waals surface area contributed by atoms with E-state index >= 15 is 0 Å². The monoisotopic (exact) mass is 474 g/mol. The Hall–Kier alpha value is -4.11. The number of para-hydroxylation sites is 1. The first-order valence-corrected chi connectivity index (χ1v) is 11.3. The summed E-state index contributed by atoms with van der Waals surface area (Å²) in [5, 5.41) is 4.14. The van der Waals surface area contributed by atoms with E-state index in [4.69, 9.17) is 15.2 Å². The zero-order valence-corrected chi connectivity index (χ0v) is 20.4. The molecule has 9 nitrogen and oxygen atoms in total. The number of anilines is 3. The van der Waals surface area contributed by atoms with Gasteiger partial charge in [0.2, 0.25) is 5.95 Å². The van der Waals surface area contributed by atoms with Crippen molar-refractivity contribution in [1.29, 1.82) is 0 Å². The van der Waals surface area contributed by atoms with Crippen LogP contribution in [0, 0.1) is 0 Å². The molecule has 4 rings (SSSR count). The lowest BCUT2D eigenvalue weighted by atomic mass is 10.1. The Morgan fingerprint density at radius 1 is 1.20 bits per heavy atom. The Bertz CT molecular complexity index is 1350. The molecule has 2 aromatic heterocycles. The summed E-state index contributed by atoms with van der Waals surface area (Å²) >= 11 is 0. The Morgan fingerprint density at radius 3 is 2.74 bits per heavy atom. The molecule has 0 unspecified atom stereocenters.